The lowest BCUT2D eigenvalue weighted by atomic mass is 10.5. The van der Waals surface area contributed by atoms with Crippen molar-refractivity contribution in [1.82, 2.24) is 4.31 Å². The Morgan fingerprint density at radius 2 is 2.11 bits per heavy atom. The lowest BCUT2D eigenvalue weighted by Crippen LogP contribution is -2.25. The maximum absolute atomic E-state index is 12.2. The van der Waals surface area contributed by atoms with Gasteiger partial charge in [0.2, 0.25) is 10.0 Å². The van der Waals surface area contributed by atoms with Crippen molar-refractivity contribution in [3.8, 4) is 0 Å². The van der Waals surface area contributed by atoms with Crippen LogP contribution in [-0.4, -0.2) is 24.9 Å². The first-order valence-electron chi connectivity index (χ1n) is 5.21. The number of aliphatic hydroxyl groups is 1. The summed E-state index contributed by atoms with van der Waals surface area (Å²) >= 11 is 2.78. The average molecular weight is 303 g/mol. The summed E-state index contributed by atoms with van der Waals surface area (Å²) in [5.74, 6) is 0. The Morgan fingerprint density at radius 3 is 2.67 bits per heavy atom. The van der Waals surface area contributed by atoms with E-state index in [1.165, 1.54) is 33.0 Å². The number of hydrogen-bond acceptors (Lipinski definition) is 5. The largest absolute Gasteiger partial charge is 0.391 e. The molecule has 0 spiro atoms. The zero-order valence-electron chi connectivity index (χ0n) is 9.74. The van der Waals surface area contributed by atoms with Crippen LogP contribution in [0.1, 0.15) is 9.75 Å². The van der Waals surface area contributed by atoms with Crippen molar-refractivity contribution in [2.45, 2.75) is 18.0 Å². The number of hydrogen-bond donors (Lipinski definition) is 1. The molecular formula is C11H13NO3S3. The van der Waals surface area contributed by atoms with Crippen LogP contribution < -0.4 is 0 Å². The summed E-state index contributed by atoms with van der Waals surface area (Å²) in [6, 6.07) is 5.32. The molecule has 0 amide bonds. The zero-order valence-corrected chi connectivity index (χ0v) is 12.2. The first kappa shape index (κ1) is 13.7. The van der Waals surface area contributed by atoms with Crippen molar-refractivity contribution < 1.29 is 13.5 Å². The summed E-state index contributed by atoms with van der Waals surface area (Å²) in [4.78, 5) is 1.90. The van der Waals surface area contributed by atoms with E-state index in [4.69, 9.17) is 5.11 Å². The van der Waals surface area contributed by atoms with Gasteiger partial charge in [0.05, 0.1) is 11.5 Å². The maximum atomic E-state index is 12.2. The Bertz CT molecular complexity index is 601. The van der Waals surface area contributed by atoms with Gasteiger partial charge in [-0.1, -0.05) is 6.07 Å². The highest BCUT2D eigenvalue weighted by Gasteiger charge is 2.22. The van der Waals surface area contributed by atoms with Crippen molar-refractivity contribution in [1.29, 1.82) is 0 Å². The van der Waals surface area contributed by atoms with Crippen LogP contribution in [0.4, 0.5) is 0 Å². The second kappa shape index (κ2) is 5.50. The fourth-order valence-electron chi connectivity index (χ4n) is 1.47. The van der Waals surface area contributed by atoms with E-state index in [9.17, 15) is 8.42 Å². The van der Waals surface area contributed by atoms with Crippen LogP contribution in [0.2, 0.25) is 0 Å². The van der Waals surface area contributed by atoms with E-state index in [2.05, 4.69) is 0 Å². The molecule has 2 aromatic rings. The molecule has 0 atom stereocenters. The lowest BCUT2D eigenvalue weighted by Gasteiger charge is -2.15. The van der Waals surface area contributed by atoms with E-state index in [1.807, 2.05) is 17.5 Å². The summed E-state index contributed by atoms with van der Waals surface area (Å²) < 4.78 is 25.8. The van der Waals surface area contributed by atoms with Gasteiger partial charge in [0.15, 0.2) is 0 Å². The minimum absolute atomic E-state index is 0.130. The molecule has 0 aliphatic carbocycles. The van der Waals surface area contributed by atoms with Gasteiger partial charge in [0.25, 0.3) is 0 Å². The molecule has 4 nitrogen and oxygen atoms in total. The normalized spacial score (nSPS) is 12.2. The van der Waals surface area contributed by atoms with E-state index in [0.717, 1.165) is 4.88 Å². The van der Waals surface area contributed by atoms with E-state index >= 15 is 0 Å². The van der Waals surface area contributed by atoms with Crippen LogP contribution >= 0.6 is 22.7 Å². The zero-order chi connectivity index (χ0) is 13.2. The molecule has 0 bridgehead atoms. The summed E-state index contributed by atoms with van der Waals surface area (Å²) in [6.45, 7) is 0.235. The third-order valence-corrected chi connectivity index (χ3v) is 6.17. The van der Waals surface area contributed by atoms with Crippen LogP contribution in [0.15, 0.2) is 33.9 Å². The van der Waals surface area contributed by atoms with Crippen LogP contribution in [0.25, 0.3) is 0 Å². The van der Waals surface area contributed by atoms with Gasteiger partial charge in [-0.3, -0.25) is 0 Å². The molecule has 0 aliphatic rings. The summed E-state index contributed by atoms with van der Waals surface area (Å²) in [6.07, 6.45) is 0. The fourth-order valence-corrected chi connectivity index (χ4v) is 4.58. The molecule has 98 valence electrons. The molecule has 2 aromatic heterocycles. The monoisotopic (exact) mass is 303 g/mol. The topological polar surface area (TPSA) is 57.6 Å². The molecule has 0 saturated carbocycles. The Morgan fingerprint density at radius 1 is 1.33 bits per heavy atom. The minimum Gasteiger partial charge on any atom is -0.391 e. The molecule has 18 heavy (non-hydrogen) atoms. The Balaban J connectivity index is 2.19. The van der Waals surface area contributed by atoms with Crippen LogP contribution in [0.3, 0.4) is 0 Å². The molecule has 7 heteroatoms. The van der Waals surface area contributed by atoms with Gasteiger partial charge >= 0.3 is 0 Å². The molecule has 0 aromatic carbocycles. The van der Waals surface area contributed by atoms with E-state index in [-0.39, 0.29) is 11.5 Å². The smallest absolute Gasteiger partial charge is 0.243 e. The second-order valence-electron chi connectivity index (χ2n) is 3.75. The molecule has 0 saturated heterocycles. The fraction of sp³-hybridized carbons (Fsp3) is 0.273. The molecule has 2 heterocycles. The second-order valence-corrected chi connectivity index (χ2v) is 7.82. The van der Waals surface area contributed by atoms with E-state index in [1.54, 1.807) is 12.4 Å². The standard InChI is InChI=1S/C11H13NO3S3/c1-12(6-9-3-2-4-16-9)18(14,15)11-5-10(7-13)17-8-11/h2-5,8,13H,6-7H2,1H3. The van der Waals surface area contributed by atoms with Gasteiger partial charge in [-0.15, -0.1) is 22.7 Å². The van der Waals surface area contributed by atoms with Crippen molar-refractivity contribution >= 4 is 32.7 Å². The van der Waals surface area contributed by atoms with Gasteiger partial charge in [-0.05, 0) is 17.5 Å². The average Bonchev–Trinajstić information content (AvgIpc) is 2.99. The summed E-state index contributed by atoms with van der Waals surface area (Å²) in [5.41, 5.74) is 0. The number of thiophene rings is 2. The number of sulfonamides is 1. The Hall–Kier alpha value is -0.730. The Labute approximate surface area is 114 Å². The van der Waals surface area contributed by atoms with Crippen molar-refractivity contribution in [2.75, 3.05) is 7.05 Å². The van der Waals surface area contributed by atoms with Crippen molar-refractivity contribution in [3.05, 3.63) is 38.7 Å². The number of nitrogens with zero attached hydrogens (tertiary/aromatic N) is 1. The van der Waals surface area contributed by atoms with E-state index < -0.39 is 10.0 Å². The highest BCUT2D eigenvalue weighted by molar-refractivity contribution is 7.89. The Kier molecular flexibility index (Phi) is 4.18. The molecular weight excluding hydrogens is 290 g/mol. The van der Waals surface area contributed by atoms with Crippen LogP contribution in [0, 0.1) is 0 Å². The summed E-state index contributed by atoms with van der Waals surface area (Å²) in [7, 11) is -1.90. The third kappa shape index (κ3) is 2.81. The SMILES string of the molecule is CN(Cc1cccs1)S(=O)(=O)c1csc(CO)c1. The summed E-state index contributed by atoms with van der Waals surface area (Å²) in [5, 5.41) is 12.4. The van der Waals surface area contributed by atoms with Gasteiger partial charge in [0, 0.05) is 28.7 Å². The molecule has 0 unspecified atom stereocenters. The van der Waals surface area contributed by atoms with Crippen molar-refractivity contribution in [3.63, 3.8) is 0 Å². The van der Waals surface area contributed by atoms with Crippen LogP contribution in [-0.2, 0) is 23.2 Å². The first-order chi connectivity index (χ1) is 8.54. The molecule has 0 radical (unpaired) electrons. The van der Waals surface area contributed by atoms with Gasteiger partial charge in [0.1, 0.15) is 0 Å². The third-order valence-electron chi connectivity index (χ3n) is 2.45. The quantitative estimate of drug-likeness (QED) is 0.920. The van der Waals surface area contributed by atoms with E-state index in [0.29, 0.717) is 11.4 Å². The number of aliphatic hydroxyl groups excluding tert-OH is 1. The van der Waals surface area contributed by atoms with Gasteiger partial charge in [-0.2, -0.15) is 4.31 Å². The minimum atomic E-state index is -3.47. The number of rotatable bonds is 5. The van der Waals surface area contributed by atoms with Gasteiger partial charge in [-0.25, -0.2) is 8.42 Å². The molecule has 2 rings (SSSR count). The molecule has 0 aliphatic heterocycles. The van der Waals surface area contributed by atoms with Crippen molar-refractivity contribution in [2.24, 2.45) is 0 Å². The predicted octanol–water partition coefficient (Wildman–Crippen LogP) is 2.12. The maximum Gasteiger partial charge on any atom is 0.243 e. The highest BCUT2D eigenvalue weighted by atomic mass is 32.2. The first-order valence-corrected chi connectivity index (χ1v) is 8.41. The molecule has 1 N–H and O–H groups in total. The van der Waals surface area contributed by atoms with Crippen LogP contribution in [0.5, 0.6) is 0 Å². The lowest BCUT2D eigenvalue weighted by molar-refractivity contribution is 0.285. The highest BCUT2D eigenvalue weighted by Crippen LogP contribution is 2.23. The molecule has 0 fully saturated rings. The predicted molar refractivity (Wildman–Crippen MR) is 73.2 cm³/mol. The van der Waals surface area contributed by atoms with Gasteiger partial charge < -0.3 is 5.11 Å².